The average Bonchev–Trinajstić information content (AvgIpc) is 2.59. The summed E-state index contributed by atoms with van der Waals surface area (Å²) in [6.07, 6.45) is -0.106. The molecule has 5 heteroatoms. The Labute approximate surface area is 159 Å². The third kappa shape index (κ3) is 5.68. The Kier molecular flexibility index (Phi) is 6.57. The number of benzene rings is 2. The summed E-state index contributed by atoms with van der Waals surface area (Å²) >= 11 is 5.84. The molecule has 2 aromatic carbocycles. The molecule has 26 heavy (non-hydrogen) atoms. The molecule has 2 N–H and O–H groups in total. The number of ketones is 1. The molecule has 2 aromatic rings. The fourth-order valence-electron chi connectivity index (χ4n) is 2.64. The monoisotopic (exact) mass is 373 g/mol. The van der Waals surface area contributed by atoms with Crippen molar-refractivity contribution in [2.24, 2.45) is 0 Å². The van der Waals surface area contributed by atoms with Gasteiger partial charge in [0.2, 0.25) is 0 Å². The van der Waals surface area contributed by atoms with Gasteiger partial charge >= 0.3 is 0 Å². The van der Waals surface area contributed by atoms with Gasteiger partial charge in [-0.05, 0) is 23.1 Å². The largest absolute Gasteiger partial charge is 0.544 e. The Hall–Kier alpha value is -2.17. The van der Waals surface area contributed by atoms with Gasteiger partial charge in [-0.25, -0.2) is 0 Å². The Morgan fingerprint density at radius 2 is 1.62 bits per heavy atom. The number of aliphatic carboxylic acids is 1. The number of hydrogen-bond acceptors (Lipinski definition) is 3. The highest BCUT2D eigenvalue weighted by Gasteiger charge is 2.20. The van der Waals surface area contributed by atoms with E-state index in [1.54, 1.807) is 29.6 Å². The van der Waals surface area contributed by atoms with Crippen LogP contribution in [0.2, 0.25) is 5.02 Å². The lowest BCUT2D eigenvalue weighted by Crippen LogP contribution is -2.92. The fraction of sp³-hybridized carbons (Fsp3) is 0.333. The first-order valence-electron chi connectivity index (χ1n) is 8.59. The summed E-state index contributed by atoms with van der Waals surface area (Å²) in [5.41, 5.74) is 2.58. The van der Waals surface area contributed by atoms with E-state index in [0.29, 0.717) is 17.1 Å². The van der Waals surface area contributed by atoms with Crippen molar-refractivity contribution in [3.8, 4) is 0 Å². The van der Waals surface area contributed by atoms with E-state index < -0.39 is 12.0 Å². The first kappa shape index (κ1) is 20.1. The maximum Gasteiger partial charge on any atom is 0.169 e. The van der Waals surface area contributed by atoms with Crippen molar-refractivity contribution < 1.29 is 20.0 Å². The Balaban J connectivity index is 2.01. The molecule has 2 rings (SSSR count). The van der Waals surface area contributed by atoms with Crippen LogP contribution in [-0.4, -0.2) is 17.8 Å². The van der Waals surface area contributed by atoms with E-state index in [2.05, 4.69) is 20.8 Å². The molecular formula is C21H24ClNO3. The summed E-state index contributed by atoms with van der Waals surface area (Å²) in [6.45, 7) is 6.73. The van der Waals surface area contributed by atoms with Crippen LogP contribution in [0.15, 0.2) is 48.5 Å². The first-order valence-corrected chi connectivity index (χ1v) is 8.97. The maximum atomic E-state index is 12.4. The molecule has 0 amide bonds. The minimum absolute atomic E-state index is 0.00144. The third-order valence-corrected chi connectivity index (χ3v) is 4.58. The normalized spacial score (nSPS) is 12.6. The fourth-order valence-corrected chi connectivity index (χ4v) is 2.76. The predicted molar refractivity (Wildman–Crippen MR) is 100.0 cm³/mol. The van der Waals surface area contributed by atoms with Crippen LogP contribution in [0.5, 0.6) is 0 Å². The smallest absolute Gasteiger partial charge is 0.169 e. The molecule has 0 saturated heterocycles. The first-order chi connectivity index (χ1) is 12.2. The number of halogens is 1. The van der Waals surface area contributed by atoms with Crippen molar-refractivity contribution >= 4 is 23.4 Å². The molecule has 138 valence electrons. The zero-order valence-electron chi connectivity index (χ0n) is 15.3. The van der Waals surface area contributed by atoms with Crippen LogP contribution in [0.4, 0.5) is 0 Å². The number of quaternary nitrogens is 1. The molecule has 0 aliphatic heterocycles. The lowest BCUT2D eigenvalue weighted by molar-refractivity contribution is -0.697. The van der Waals surface area contributed by atoms with Gasteiger partial charge in [0.05, 0.1) is 12.4 Å². The quantitative estimate of drug-likeness (QED) is 0.755. The topological polar surface area (TPSA) is 73.8 Å². The minimum atomic E-state index is -1.24. The summed E-state index contributed by atoms with van der Waals surface area (Å²) in [7, 11) is 0. The molecule has 0 fully saturated rings. The number of rotatable bonds is 7. The van der Waals surface area contributed by atoms with Crippen LogP contribution in [0, 0.1) is 0 Å². The van der Waals surface area contributed by atoms with Crippen LogP contribution in [-0.2, 0) is 16.8 Å². The highest BCUT2D eigenvalue weighted by molar-refractivity contribution is 6.30. The number of carboxylic acid groups (broad SMARTS) is 1. The number of carbonyl (C=O) groups is 2. The van der Waals surface area contributed by atoms with Crippen molar-refractivity contribution in [1.29, 1.82) is 0 Å². The van der Waals surface area contributed by atoms with Gasteiger partial charge in [-0.15, -0.1) is 0 Å². The minimum Gasteiger partial charge on any atom is -0.544 e. The van der Waals surface area contributed by atoms with E-state index >= 15 is 0 Å². The highest BCUT2D eigenvalue weighted by atomic mass is 35.5. The molecule has 0 radical (unpaired) electrons. The molecule has 0 unspecified atom stereocenters. The van der Waals surface area contributed by atoms with Gasteiger partial charge in [0.1, 0.15) is 12.6 Å². The van der Waals surface area contributed by atoms with Crippen molar-refractivity contribution in [2.45, 2.75) is 45.2 Å². The predicted octanol–water partition coefficient (Wildman–Crippen LogP) is 2.09. The molecule has 0 bridgehead atoms. The molecule has 0 aliphatic carbocycles. The second-order valence-corrected chi connectivity index (χ2v) is 7.88. The van der Waals surface area contributed by atoms with E-state index in [-0.39, 0.29) is 17.6 Å². The third-order valence-electron chi connectivity index (χ3n) is 4.33. The van der Waals surface area contributed by atoms with E-state index in [1.165, 1.54) is 0 Å². The molecule has 0 heterocycles. The highest BCUT2D eigenvalue weighted by Crippen LogP contribution is 2.22. The molecule has 0 aliphatic rings. The standard InChI is InChI=1S/C21H24ClNO3/c1-21(2,3)16-8-6-15(7-9-16)19(24)12-18(20(25)26)23-13-14-4-10-17(22)11-5-14/h4-11,18,23H,12-13H2,1-3H3,(H,25,26)/t18-/m0/s1. The summed E-state index contributed by atoms with van der Waals surface area (Å²) < 4.78 is 0. The van der Waals surface area contributed by atoms with Crippen LogP contribution in [0.3, 0.4) is 0 Å². The summed E-state index contributed by atoms with van der Waals surface area (Å²) in [5.74, 6) is -1.44. The molecular weight excluding hydrogens is 350 g/mol. The lowest BCUT2D eigenvalue weighted by Gasteiger charge is -2.19. The van der Waals surface area contributed by atoms with E-state index in [1.807, 2.05) is 24.3 Å². The SMILES string of the molecule is CC(C)(C)c1ccc(C(=O)C[C@H]([NH2+]Cc2ccc(Cl)cc2)C(=O)[O-])cc1. The average molecular weight is 374 g/mol. The van der Waals surface area contributed by atoms with Gasteiger partial charge in [-0.2, -0.15) is 0 Å². The molecule has 0 saturated carbocycles. The number of Topliss-reactive ketones (excluding diaryl/α,β-unsaturated/α-hetero) is 1. The van der Waals surface area contributed by atoms with Crippen molar-refractivity contribution in [3.05, 3.63) is 70.2 Å². The van der Waals surface area contributed by atoms with E-state index in [9.17, 15) is 14.7 Å². The summed E-state index contributed by atoms with van der Waals surface area (Å²) in [6, 6.07) is 13.6. The number of carboxylic acids is 1. The van der Waals surface area contributed by atoms with Gasteiger partial charge in [0.25, 0.3) is 0 Å². The Morgan fingerprint density at radius 1 is 1.04 bits per heavy atom. The van der Waals surface area contributed by atoms with Gasteiger partial charge < -0.3 is 15.2 Å². The van der Waals surface area contributed by atoms with Crippen LogP contribution >= 0.6 is 11.6 Å². The zero-order valence-corrected chi connectivity index (χ0v) is 16.0. The van der Waals surface area contributed by atoms with Crippen LogP contribution in [0.25, 0.3) is 0 Å². The number of hydrogen-bond donors (Lipinski definition) is 1. The van der Waals surface area contributed by atoms with Crippen molar-refractivity contribution in [2.75, 3.05) is 0 Å². The summed E-state index contributed by atoms with van der Waals surface area (Å²) in [4.78, 5) is 23.9. The molecule has 0 aromatic heterocycles. The zero-order chi connectivity index (χ0) is 19.3. The van der Waals surface area contributed by atoms with Crippen LogP contribution in [0.1, 0.15) is 48.7 Å². The Morgan fingerprint density at radius 3 is 2.12 bits per heavy atom. The van der Waals surface area contributed by atoms with Crippen molar-refractivity contribution in [1.82, 2.24) is 0 Å². The van der Waals surface area contributed by atoms with Crippen LogP contribution < -0.4 is 10.4 Å². The Bertz CT molecular complexity index is 761. The van der Waals surface area contributed by atoms with Gasteiger partial charge in [0.15, 0.2) is 5.78 Å². The molecule has 4 nitrogen and oxygen atoms in total. The van der Waals surface area contributed by atoms with E-state index in [4.69, 9.17) is 11.6 Å². The summed E-state index contributed by atoms with van der Waals surface area (Å²) in [5, 5.41) is 13.6. The van der Waals surface area contributed by atoms with Gasteiger partial charge in [0, 0.05) is 16.1 Å². The van der Waals surface area contributed by atoms with Gasteiger partial charge in [-0.1, -0.05) is 68.8 Å². The second-order valence-electron chi connectivity index (χ2n) is 7.45. The number of nitrogens with two attached hydrogens (primary N) is 1. The number of carbonyl (C=O) groups excluding carboxylic acids is 2. The maximum absolute atomic E-state index is 12.4. The van der Waals surface area contributed by atoms with Gasteiger partial charge in [-0.3, -0.25) is 4.79 Å². The molecule has 1 atom stereocenters. The lowest BCUT2D eigenvalue weighted by atomic mass is 9.86. The van der Waals surface area contributed by atoms with E-state index in [0.717, 1.165) is 11.1 Å². The molecule has 0 spiro atoms. The second kappa shape index (κ2) is 8.47. The van der Waals surface area contributed by atoms with Crippen molar-refractivity contribution in [3.63, 3.8) is 0 Å².